The SMILES string of the molecule is [2H]/C(=C(/[2H])c1cccc2ccccc12)c1ccc(N(c2cccc3ccccc23)c2cc3ccccc3c3ccccc23)cc1. The third-order valence-electron chi connectivity index (χ3n) is 8.25. The molecule has 8 aromatic carbocycles. The van der Waals surface area contributed by atoms with Crippen molar-refractivity contribution in [1.29, 1.82) is 0 Å². The van der Waals surface area contributed by atoms with Gasteiger partial charge in [0, 0.05) is 16.5 Å². The first kappa shape index (κ1) is 23.0. The van der Waals surface area contributed by atoms with Gasteiger partial charge in [0.1, 0.15) is 0 Å². The van der Waals surface area contributed by atoms with Crippen molar-refractivity contribution in [1.82, 2.24) is 0 Å². The summed E-state index contributed by atoms with van der Waals surface area (Å²) in [5.74, 6) is 0. The van der Waals surface area contributed by atoms with Crippen LogP contribution in [0, 0.1) is 0 Å². The van der Waals surface area contributed by atoms with E-state index in [1.807, 2.05) is 54.6 Å². The molecule has 0 bridgehead atoms. The van der Waals surface area contributed by atoms with Crippen LogP contribution in [0.3, 0.4) is 0 Å². The average molecular weight is 550 g/mol. The van der Waals surface area contributed by atoms with Gasteiger partial charge in [0.05, 0.1) is 14.1 Å². The quantitative estimate of drug-likeness (QED) is 0.152. The van der Waals surface area contributed by atoms with Crippen molar-refractivity contribution >= 4 is 72.3 Å². The highest BCUT2D eigenvalue weighted by atomic mass is 15.1. The molecule has 0 spiro atoms. The Bertz CT molecular complexity index is 2400. The van der Waals surface area contributed by atoms with E-state index in [0.717, 1.165) is 38.8 Å². The van der Waals surface area contributed by atoms with Gasteiger partial charge >= 0.3 is 0 Å². The predicted molar refractivity (Wildman–Crippen MR) is 187 cm³/mol. The molecule has 8 aromatic rings. The van der Waals surface area contributed by atoms with Gasteiger partial charge in [-0.3, -0.25) is 0 Å². The Balaban J connectivity index is 1.32. The molecule has 0 fully saturated rings. The van der Waals surface area contributed by atoms with Gasteiger partial charge in [-0.1, -0.05) is 152 Å². The summed E-state index contributed by atoms with van der Waals surface area (Å²) >= 11 is 0. The fourth-order valence-electron chi connectivity index (χ4n) is 6.20. The molecule has 0 aliphatic heterocycles. The second-order valence-corrected chi connectivity index (χ2v) is 10.8. The first-order valence-electron chi connectivity index (χ1n) is 15.6. The topological polar surface area (TPSA) is 3.24 Å². The average Bonchev–Trinajstić information content (AvgIpc) is 3.11. The second kappa shape index (κ2) is 10.6. The maximum absolute atomic E-state index is 9.02. The Morgan fingerprint density at radius 1 is 0.395 bits per heavy atom. The van der Waals surface area contributed by atoms with Crippen LogP contribution in [0.15, 0.2) is 164 Å². The summed E-state index contributed by atoms with van der Waals surface area (Å²) in [6, 6.07) is 56.9. The Morgan fingerprint density at radius 3 is 1.72 bits per heavy atom. The third kappa shape index (κ3) is 4.52. The summed E-state index contributed by atoms with van der Waals surface area (Å²) in [6.07, 6.45) is 0. The van der Waals surface area contributed by atoms with Crippen LogP contribution in [-0.2, 0) is 0 Å². The normalized spacial score (nSPS) is 12.7. The number of hydrogen-bond donors (Lipinski definition) is 0. The van der Waals surface area contributed by atoms with Crippen molar-refractivity contribution in [3.63, 3.8) is 0 Å². The Labute approximate surface area is 254 Å². The van der Waals surface area contributed by atoms with Gasteiger partial charge in [-0.05, 0) is 67.7 Å². The molecular formula is C42H29N. The summed E-state index contributed by atoms with van der Waals surface area (Å²) in [7, 11) is 0. The first-order chi connectivity index (χ1) is 22.2. The van der Waals surface area contributed by atoms with Gasteiger partial charge < -0.3 is 4.90 Å². The van der Waals surface area contributed by atoms with Crippen molar-refractivity contribution in [3.8, 4) is 0 Å². The van der Waals surface area contributed by atoms with E-state index in [2.05, 4.69) is 114 Å². The fraction of sp³-hybridized carbons (Fsp3) is 0. The lowest BCUT2D eigenvalue weighted by molar-refractivity contribution is 1.31. The van der Waals surface area contributed by atoms with Gasteiger partial charge in [-0.2, -0.15) is 0 Å². The maximum atomic E-state index is 9.02. The molecule has 0 heterocycles. The molecule has 1 heteroatoms. The number of benzene rings is 8. The summed E-state index contributed by atoms with van der Waals surface area (Å²) in [4.78, 5) is 2.33. The Morgan fingerprint density at radius 2 is 0.953 bits per heavy atom. The van der Waals surface area contributed by atoms with Crippen LogP contribution in [-0.4, -0.2) is 0 Å². The van der Waals surface area contributed by atoms with Crippen LogP contribution in [0.5, 0.6) is 0 Å². The third-order valence-corrected chi connectivity index (χ3v) is 8.25. The van der Waals surface area contributed by atoms with Crippen molar-refractivity contribution in [2.24, 2.45) is 0 Å². The molecule has 1 nitrogen and oxygen atoms in total. The summed E-state index contributed by atoms with van der Waals surface area (Å²) in [6.45, 7) is 0. The van der Waals surface area contributed by atoms with E-state index in [9.17, 15) is 0 Å². The van der Waals surface area contributed by atoms with E-state index < -0.39 is 0 Å². The molecule has 0 atom stereocenters. The lowest BCUT2D eigenvalue weighted by Gasteiger charge is -2.29. The number of fused-ring (bicyclic) bond motifs is 5. The molecule has 43 heavy (non-hydrogen) atoms. The highest BCUT2D eigenvalue weighted by molar-refractivity contribution is 6.15. The van der Waals surface area contributed by atoms with Crippen molar-refractivity contribution in [2.75, 3.05) is 4.90 Å². The van der Waals surface area contributed by atoms with Crippen LogP contribution in [0.25, 0.3) is 55.2 Å². The lowest BCUT2D eigenvalue weighted by Crippen LogP contribution is -2.11. The van der Waals surface area contributed by atoms with E-state index in [1.165, 1.54) is 26.9 Å². The molecule has 0 radical (unpaired) electrons. The molecule has 202 valence electrons. The molecule has 0 N–H and O–H groups in total. The van der Waals surface area contributed by atoms with E-state index in [4.69, 9.17) is 2.74 Å². The monoisotopic (exact) mass is 549 g/mol. The number of hydrogen-bond acceptors (Lipinski definition) is 1. The molecule has 0 saturated carbocycles. The number of rotatable bonds is 5. The van der Waals surface area contributed by atoms with Gasteiger partial charge in [-0.15, -0.1) is 0 Å². The van der Waals surface area contributed by atoms with Gasteiger partial charge in [0.15, 0.2) is 0 Å². The van der Waals surface area contributed by atoms with Crippen LogP contribution in [0.1, 0.15) is 13.9 Å². The molecule has 0 unspecified atom stereocenters. The highest BCUT2D eigenvalue weighted by Gasteiger charge is 2.19. The van der Waals surface area contributed by atoms with Crippen molar-refractivity contribution in [2.45, 2.75) is 0 Å². The molecular weight excluding hydrogens is 518 g/mol. The second-order valence-electron chi connectivity index (χ2n) is 10.8. The van der Waals surface area contributed by atoms with Gasteiger partial charge in [0.2, 0.25) is 0 Å². The zero-order valence-electron chi connectivity index (χ0n) is 25.5. The lowest BCUT2D eigenvalue weighted by atomic mass is 9.98. The fourth-order valence-corrected chi connectivity index (χ4v) is 6.20. The standard InChI is InChI=1S/C42H29N/c1-4-17-36-31(11-1)14-9-15-33(36)26-23-30-24-27-35(28-25-30)43(41-22-10-16-32-12-2-6-19-38(32)41)42-29-34-13-3-5-18-37(34)39-20-7-8-21-40(39)42/h1-29H/b26-23+/i23D,26D. The smallest absolute Gasteiger partial charge is 0.0629 e. The van der Waals surface area contributed by atoms with Gasteiger partial charge in [0.25, 0.3) is 0 Å². The highest BCUT2D eigenvalue weighted by Crippen LogP contribution is 2.44. The van der Waals surface area contributed by atoms with E-state index in [0.29, 0.717) is 5.56 Å². The number of anilines is 3. The van der Waals surface area contributed by atoms with Crippen LogP contribution < -0.4 is 4.90 Å². The minimum Gasteiger partial charge on any atom is -0.309 e. The Kier molecular flexibility index (Phi) is 5.68. The molecule has 8 rings (SSSR count). The molecule has 0 amide bonds. The summed E-state index contributed by atoms with van der Waals surface area (Å²) in [5, 5.41) is 9.16. The van der Waals surface area contributed by atoms with Crippen LogP contribution in [0.2, 0.25) is 0 Å². The van der Waals surface area contributed by atoms with Crippen LogP contribution in [0.4, 0.5) is 17.1 Å². The molecule has 0 aliphatic rings. The minimum absolute atomic E-state index is 0.200. The van der Waals surface area contributed by atoms with E-state index in [1.54, 1.807) is 0 Å². The maximum Gasteiger partial charge on any atom is 0.0629 e. The zero-order valence-corrected chi connectivity index (χ0v) is 23.5. The van der Waals surface area contributed by atoms with Crippen LogP contribution >= 0.6 is 0 Å². The zero-order chi connectivity index (χ0) is 30.3. The predicted octanol–water partition coefficient (Wildman–Crippen LogP) is 11.9. The number of nitrogens with zero attached hydrogens (tertiary/aromatic N) is 1. The minimum atomic E-state index is 0.200. The van der Waals surface area contributed by atoms with Crippen molar-refractivity contribution < 1.29 is 2.74 Å². The first-order valence-corrected chi connectivity index (χ1v) is 14.6. The van der Waals surface area contributed by atoms with E-state index >= 15 is 0 Å². The van der Waals surface area contributed by atoms with Gasteiger partial charge in [-0.25, -0.2) is 0 Å². The largest absolute Gasteiger partial charge is 0.309 e. The summed E-state index contributed by atoms with van der Waals surface area (Å²) in [5.41, 5.74) is 4.63. The van der Waals surface area contributed by atoms with E-state index in [-0.39, 0.29) is 12.1 Å². The summed E-state index contributed by atoms with van der Waals surface area (Å²) < 4.78 is 18.0. The molecule has 0 aliphatic carbocycles. The molecule has 0 saturated heterocycles. The van der Waals surface area contributed by atoms with Crippen molar-refractivity contribution in [3.05, 3.63) is 175 Å². The molecule has 0 aromatic heterocycles. The Hall–Kier alpha value is -5.66.